The molecular weight excluding hydrogens is 264 g/mol. The molecule has 1 aromatic heterocycles. The lowest BCUT2D eigenvalue weighted by atomic mass is 10.1. The van der Waals surface area contributed by atoms with Crippen LogP contribution in [0.15, 0.2) is 30.3 Å². The molecule has 2 aromatic rings. The fraction of sp³-hybridized carbons (Fsp3) is 0.375. The fourth-order valence-corrected chi connectivity index (χ4v) is 2.61. The predicted octanol–water partition coefficient (Wildman–Crippen LogP) is 1.66. The highest BCUT2D eigenvalue weighted by molar-refractivity contribution is 5.83. The zero-order valence-electron chi connectivity index (χ0n) is 12.0. The third-order valence-electron chi connectivity index (χ3n) is 3.80. The highest BCUT2D eigenvalue weighted by atomic mass is 16.5. The van der Waals surface area contributed by atoms with Gasteiger partial charge in [-0.05, 0) is 19.1 Å². The molecule has 0 bridgehead atoms. The van der Waals surface area contributed by atoms with Crippen molar-refractivity contribution in [2.45, 2.75) is 19.1 Å². The number of benzene rings is 1. The Hall–Kier alpha value is -2.16. The van der Waals surface area contributed by atoms with Gasteiger partial charge in [-0.25, -0.2) is 4.98 Å². The quantitative estimate of drug-likeness (QED) is 0.906. The number of morpholine rings is 1. The topological polar surface area (TPSA) is 75.2 Å². The first-order valence-electron chi connectivity index (χ1n) is 7.11. The summed E-state index contributed by atoms with van der Waals surface area (Å²) in [4.78, 5) is 6.77. The summed E-state index contributed by atoms with van der Waals surface area (Å²) in [6.07, 6.45) is -0.0291. The van der Waals surface area contributed by atoms with Crippen molar-refractivity contribution in [2.24, 2.45) is 5.73 Å². The molecule has 1 aliphatic heterocycles. The van der Waals surface area contributed by atoms with E-state index in [4.69, 9.17) is 10.5 Å². The molecule has 2 unspecified atom stereocenters. The van der Waals surface area contributed by atoms with Gasteiger partial charge in [-0.1, -0.05) is 18.2 Å². The van der Waals surface area contributed by atoms with E-state index in [1.54, 1.807) is 0 Å². The van der Waals surface area contributed by atoms with Gasteiger partial charge in [0.2, 0.25) is 0 Å². The molecule has 5 nitrogen and oxygen atoms in total. The third-order valence-corrected chi connectivity index (χ3v) is 3.80. The molecule has 108 valence electrons. The minimum absolute atomic E-state index is 0.0291. The Morgan fingerprint density at radius 1 is 1.48 bits per heavy atom. The SMILES string of the molecule is CC(N)C1CN(c2nc3ccccc3cc2C#N)CCO1. The lowest BCUT2D eigenvalue weighted by Crippen LogP contribution is -2.50. The number of nitrogens with two attached hydrogens (primary N) is 1. The van der Waals surface area contributed by atoms with Crippen LogP contribution in [0, 0.1) is 11.3 Å². The molecule has 0 radical (unpaired) electrons. The van der Waals surface area contributed by atoms with Crippen molar-refractivity contribution in [3.8, 4) is 6.07 Å². The van der Waals surface area contributed by atoms with Gasteiger partial charge in [0, 0.05) is 24.5 Å². The first-order valence-corrected chi connectivity index (χ1v) is 7.11. The number of aromatic nitrogens is 1. The highest BCUT2D eigenvalue weighted by Gasteiger charge is 2.26. The molecule has 1 aromatic carbocycles. The Labute approximate surface area is 123 Å². The number of fused-ring (bicyclic) bond motifs is 1. The Bertz CT molecular complexity index is 692. The van der Waals surface area contributed by atoms with E-state index < -0.39 is 0 Å². The molecule has 1 saturated heterocycles. The zero-order chi connectivity index (χ0) is 14.8. The maximum atomic E-state index is 9.41. The second-order valence-corrected chi connectivity index (χ2v) is 5.38. The van der Waals surface area contributed by atoms with E-state index in [2.05, 4.69) is 16.0 Å². The predicted molar refractivity (Wildman–Crippen MR) is 82.1 cm³/mol. The largest absolute Gasteiger partial charge is 0.373 e. The minimum atomic E-state index is -0.0428. The van der Waals surface area contributed by atoms with Crippen molar-refractivity contribution >= 4 is 16.7 Å². The van der Waals surface area contributed by atoms with Crippen molar-refractivity contribution in [2.75, 3.05) is 24.6 Å². The van der Waals surface area contributed by atoms with Crippen LogP contribution in [0.3, 0.4) is 0 Å². The summed E-state index contributed by atoms with van der Waals surface area (Å²) in [5.41, 5.74) is 7.43. The van der Waals surface area contributed by atoms with Gasteiger partial charge in [-0.2, -0.15) is 5.26 Å². The van der Waals surface area contributed by atoms with E-state index >= 15 is 0 Å². The number of hydrogen-bond acceptors (Lipinski definition) is 5. The summed E-state index contributed by atoms with van der Waals surface area (Å²) in [5.74, 6) is 0.727. The summed E-state index contributed by atoms with van der Waals surface area (Å²) in [5, 5.41) is 10.4. The van der Waals surface area contributed by atoms with Crippen molar-refractivity contribution < 1.29 is 4.74 Å². The van der Waals surface area contributed by atoms with Crippen LogP contribution in [-0.4, -0.2) is 36.8 Å². The summed E-state index contributed by atoms with van der Waals surface area (Å²) < 4.78 is 5.67. The van der Waals surface area contributed by atoms with Gasteiger partial charge < -0.3 is 15.4 Å². The van der Waals surface area contributed by atoms with E-state index in [9.17, 15) is 5.26 Å². The number of nitrogens with zero attached hydrogens (tertiary/aromatic N) is 3. The van der Waals surface area contributed by atoms with Crippen LogP contribution in [0.4, 0.5) is 5.82 Å². The van der Waals surface area contributed by atoms with Crippen molar-refractivity contribution in [3.05, 3.63) is 35.9 Å². The number of para-hydroxylation sites is 1. The van der Waals surface area contributed by atoms with Gasteiger partial charge in [0.15, 0.2) is 0 Å². The molecule has 0 spiro atoms. The average molecular weight is 282 g/mol. The van der Waals surface area contributed by atoms with Crippen LogP contribution >= 0.6 is 0 Å². The third kappa shape index (κ3) is 2.68. The van der Waals surface area contributed by atoms with E-state index in [0.717, 1.165) is 23.3 Å². The zero-order valence-corrected chi connectivity index (χ0v) is 12.0. The first kappa shape index (κ1) is 13.8. The molecule has 1 fully saturated rings. The number of hydrogen-bond donors (Lipinski definition) is 1. The van der Waals surface area contributed by atoms with Crippen LogP contribution in [0.1, 0.15) is 12.5 Å². The maximum absolute atomic E-state index is 9.41. The van der Waals surface area contributed by atoms with Gasteiger partial charge in [0.05, 0.1) is 23.8 Å². The van der Waals surface area contributed by atoms with Crippen molar-refractivity contribution in [1.29, 1.82) is 5.26 Å². The Balaban J connectivity index is 2.00. The van der Waals surface area contributed by atoms with E-state index in [1.807, 2.05) is 37.3 Å². The molecule has 1 aliphatic rings. The van der Waals surface area contributed by atoms with E-state index in [-0.39, 0.29) is 12.1 Å². The molecule has 2 N–H and O–H groups in total. The molecule has 3 rings (SSSR count). The Morgan fingerprint density at radius 2 is 2.29 bits per heavy atom. The molecule has 0 aliphatic carbocycles. The van der Waals surface area contributed by atoms with Gasteiger partial charge >= 0.3 is 0 Å². The fourth-order valence-electron chi connectivity index (χ4n) is 2.61. The van der Waals surface area contributed by atoms with E-state index in [0.29, 0.717) is 18.7 Å². The molecule has 0 amide bonds. The van der Waals surface area contributed by atoms with Gasteiger partial charge in [-0.15, -0.1) is 0 Å². The number of pyridine rings is 1. The number of nitriles is 1. The van der Waals surface area contributed by atoms with Gasteiger partial charge in [0.25, 0.3) is 0 Å². The summed E-state index contributed by atoms with van der Waals surface area (Å²) in [7, 11) is 0. The number of anilines is 1. The second-order valence-electron chi connectivity index (χ2n) is 5.38. The van der Waals surface area contributed by atoms with Crippen LogP contribution in [0.25, 0.3) is 10.9 Å². The molecule has 21 heavy (non-hydrogen) atoms. The smallest absolute Gasteiger partial charge is 0.147 e. The monoisotopic (exact) mass is 282 g/mol. The number of ether oxygens (including phenoxy) is 1. The Morgan fingerprint density at radius 3 is 3.05 bits per heavy atom. The molecular formula is C16H18N4O. The van der Waals surface area contributed by atoms with Crippen molar-refractivity contribution in [3.63, 3.8) is 0 Å². The lowest BCUT2D eigenvalue weighted by molar-refractivity contribution is 0.0273. The standard InChI is InChI=1S/C16H18N4O/c1-11(18)15-10-20(6-7-21-15)16-13(9-17)8-12-4-2-3-5-14(12)19-16/h2-5,8,11,15H,6-7,10,18H2,1H3. The highest BCUT2D eigenvalue weighted by Crippen LogP contribution is 2.25. The minimum Gasteiger partial charge on any atom is -0.373 e. The van der Waals surface area contributed by atoms with E-state index in [1.165, 1.54) is 0 Å². The Kier molecular flexibility index (Phi) is 3.74. The number of rotatable bonds is 2. The van der Waals surface area contributed by atoms with Gasteiger partial charge in [-0.3, -0.25) is 0 Å². The molecule has 5 heteroatoms. The van der Waals surface area contributed by atoms with Crippen LogP contribution in [0.2, 0.25) is 0 Å². The summed E-state index contributed by atoms with van der Waals surface area (Å²) in [6.45, 7) is 3.93. The molecule has 2 atom stereocenters. The summed E-state index contributed by atoms with van der Waals surface area (Å²) in [6, 6.07) is 11.9. The normalized spacial score (nSPS) is 20.2. The average Bonchev–Trinajstić information content (AvgIpc) is 2.53. The van der Waals surface area contributed by atoms with Crippen LogP contribution in [0.5, 0.6) is 0 Å². The van der Waals surface area contributed by atoms with Gasteiger partial charge in [0.1, 0.15) is 11.9 Å². The molecule has 0 saturated carbocycles. The molecule has 2 heterocycles. The summed E-state index contributed by atoms with van der Waals surface area (Å²) >= 11 is 0. The first-order chi connectivity index (χ1) is 10.2. The second kappa shape index (κ2) is 5.68. The maximum Gasteiger partial charge on any atom is 0.147 e. The van der Waals surface area contributed by atoms with Crippen LogP contribution in [-0.2, 0) is 4.74 Å². The lowest BCUT2D eigenvalue weighted by Gasteiger charge is -2.35. The van der Waals surface area contributed by atoms with Crippen molar-refractivity contribution in [1.82, 2.24) is 4.98 Å². The van der Waals surface area contributed by atoms with Crippen LogP contribution < -0.4 is 10.6 Å².